The number of benzene rings is 1. The molecule has 0 N–H and O–H groups in total. The minimum atomic E-state index is -0.240. The molecule has 17 heavy (non-hydrogen) atoms. The van der Waals surface area contributed by atoms with Crippen molar-refractivity contribution in [3.05, 3.63) is 29.3 Å². The van der Waals surface area contributed by atoms with Gasteiger partial charge in [-0.05, 0) is 43.9 Å². The van der Waals surface area contributed by atoms with Gasteiger partial charge in [0.05, 0.1) is 11.5 Å². The molecule has 0 atom stereocenters. The van der Waals surface area contributed by atoms with Gasteiger partial charge in [0, 0.05) is 0 Å². The first-order valence-corrected chi connectivity index (χ1v) is 6.27. The SMILES string of the molecule is Cc1cccc(OCC2(C#N)CCCC2)c1C. The van der Waals surface area contributed by atoms with Crippen LogP contribution in [0.1, 0.15) is 36.8 Å². The monoisotopic (exact) mass is 229 g/mol. The van der Waals surface area contributed by atoms with Crippen molar-refractivity contribution in [2.24, 2.45) is 5.41 Å². The molecule has 0 unspecified atom stereocenters. The Balaban J connectivity index is 2.07. The van der Waals surface area contributed by atoms with E-state index in [0.29, 0.717) is 6.61 Å². The maximum absolute atomic E-state index is 9.29. The van der Waals surface area contributed by atoms with Gasteiger partial charge in [-0.1, -0.05) is 25.0 Å². The molecule has 2 rings (SSSR count). The molecule has 1 aliphatic rings. The molecule has 0 saturated heterocycles. The molecule has 0 aliphatic heterocycles. The van der Waals surface area contributed by atoms with Gasteiger partial charge in [-0.3, -0.25) is 0 Å². The van der Waals surface area contributed by atoms with Crippen LogP contribution < -0.4 is 4.74 Å². The van der Waals surface area contributed by atoms with E-state index in [2.05, 4.69) is 26.0 Å². The van der Waals surface area contributed by atoms with Crippen LogP contribution in [0.25, 0.3) is 0 Å². The molecule has 2 nitrogen and oxygen atoms in total. The first-order chi connectivity index (χ1) is 8.17. The first kappa shape index (κ1) is 12.0. The fraction of sp³-hybridized carbons (Fsp3) is 0.533. The van der Waals surface area contributed by atoms with Crippen molar-refractivity contribution in [3.63, 3.8) is 0 Å². The van der Waals surface area contributed by atoms with Gasteiger partial charge in [0.25, 0.3) is 0 Å². The third-order valence-electron chi connectivity index (χ3n) is 3.86. The lowest BCUT2D eigenvalue weighted by atomic mass is 9.89. The molecule has 1 fully saturated rings. The second kappa shape index (κ2) is 4.79. The van der Waals surface area contributed by atoms with Gasteiger partial charge in [0.1, 0.15) is 12.4 Å². The van der Waals surface area contributed by atoms with Crippen LogP contribution >= 0.6 is 0 Å². The van der Waals surface area contributed by atoms with E-state index in [-0.39, 0.29) is 5.41 Å². The smallest absolute Gasteiger partial charge is 0.122 e. The van der Waals surface area contributed by atoms with Crippen LogP contribution in [0.15, 0.2) is 18.2 Å². The number of rotatable bonds is 3. The Bertz CT molecular complexity index is 439. The highest BCUT2D eigenvalue weighted by Gasteiger charge is 2.34. The van der Waals surface area contributed by atoms with Crippen LogP contribution in [0.3, 0.4) is 0 Å². The zero-order valence-electron chi connectivity index (χ0n) is 10.6. The minimum Gasteiger partial charge on any atom is -0.492 e. The van der Waals surface area contributed by atoms with Gasteiger partial charge in [0.15, 0.2) is 0 Å². The molecule has 1 aromatic carbocycles. The summed E-state index contributed by atoms with van der Waals surface area (Å²) in [6.45, 7) is 4.68. The van der Waals surface area contributed by atoms with Crippen molar-refractivity contribution >= 4 is 0 Å². The Kier molecular flexibility index (Phi) is 3.38. The summed E-state index contributed by atoms with van der Waals surface area (Å²) < 4.78 is 5.87. The van der Waals surface area contributed by atoms with Crippen LogP contribution in [0.4, 0.5) is 0 Å². The summed E-state index contributed by atoms with van der Waals surface area (Å²) in [5.74, 6) is 0.923. The van der Waals surface area contributed by atoms with Gasteiger partial charge in [-0.15, -0.1) is 0 Å². The topological polar surface area (TPSA) is 33.0 Å². The molecule has 0 bridgehead atoms. The van der Waals surface area contributed by atoms with Crippen molar-refractivity contribution < 1.29 is 4.74 Å². The predicted molar refractivity (Wildman–Crippen MR) is 67.9 cm³/mol. The summed E-state index contributed by atoms with van der Waals surface area (Å²) >= 11 is 0. The van der Waals surface area contributed by atoms with Gasteiger partial charge < -0.3 is 4.74 Å². The first-order valence-electron chi connectivity index (χ1n) is 6.27. The van der Waals surface area contributed by atoms with Gasteiger partial charge in [-0.2, -0.15) is 5.26 Å². The van der Waals surface area contributed by atoms with E-state index in [0.717, 1.165) is 31.4 Å². The number of ether oxygens (including phenoxy) is 1. The summed E-state index contributed by atoms with van der Waals surface area (Å²) in [4.78, 5) is 0. The van der Waals surface area contributed by atoms with Crippen molar-refractivity contribution in [2.75, 3.05) is 6.61 Å². The molecule has 0 amide bonds. The normalized spacial score (nSPS) is 17.7. The molecule has 1 aromatic rings. The highest BCUT2D eigenvalue weighted by Crippen LogP contribution is 2.38. The molecular weight excluding hydrogens is 210 g/mol. The average molecular weight is 229 g/mol. The Labute approximate surface area is 103 Å². The molecule has 0 aromatic heterocycles. The van der Waals surface area contributed by atoms with Gasteiger partial charge in [0.2, 0.25) is 0 Å². The molecule has 0 radical (unpaired) electrons. The standard InChI is InChI=1S/C15H19NO/c1-12-6-5-7-14(13(12)2)17-11-15(10-16)8-3-4-9-15/h5-7H,3-4,8-9,11H2,1-2H3. The summed E-state index contributed by atoms with van der Waals surface area (Å²) in [7, 11) is 0. The van der Waals surface area contributed by atoms with E-state index in [4.69, 9.17) is 4.74 Å². The Morgan fingerprint density at radius 1 is 1.29 bits per heavy atom. The van der Waals surface area contributed by atoms with Crippen molar-refractivity contribution in [1.82, 2.24) is 0 Å². The fourth-order valence-electron chi connectivity index (χ4n) is 2.44. The maximum atomic E-state index is 9.29. The number of nitrogens with zero attached hydrogens (tertiary/aromatic N) is 1. The summed E-state index contributed by atoms with van der Waals surface area (Å²) in [6.07, 6.45) is 4.27. The molecular formula is C15H19NO. The van der Waals surface area contributed by atoms with Crippen LogP contribution in [0, 0.1) is 30.6 Å². The predicted octanol–water partition coefficient (Wildman–Crippen LogP) is 3.77. The Morgan fingerprint density at radius 3 is 2.65 bits per heavy atom. The molecule has 0 heterocycles. The Morgan fingerprint density at radius 2 is 2.00 bits per heavy atom. The zero-order valence-corrected chi connectivity index (χ0v) is 10.6. The van der Waals surface area contributed by atoms with E-state index in [9.17, 15) is 5.26 Å². The highest BCUT2D eigenvalue weighted by atomic mass is 16.5. The minimum absolute atomic E-state index is 0.240. The fourth-order valence-corrected chi connectivity index (χ4v) is 2.44. The third kappa shape index (κ3) is 2.44. The lowest BCUT2D eigenvalue weighted by Gasteiger charge is -2.21. The quantitative estimate of drug-likeness (QED) is 0.790. The van der Waals surface area contributed by atoms with Crippen LogP contribution in [0.2, 0.25) is 0 Å². The number of aryl methyl sites for hydroxylation is 1. The summed E-state index contributed by atoms with van der Waals surface area (Å²) in [5, 5.41) is 9.29. The second-order valence-corrected chi connectivity index (χ2v) is 5.09. The largest absolute Gasteiger partial charge is 0.492 e. The number of hydrogen-bond donors (Lipinski definition) is 0. The van der Waals surface area contributed by atoms with Crippen LogP contribution in [0.5, 0.6) is 5.75 Å². The van der Waals surface area contributed by atoms with Crippen LogP contribution in [-0.4, -0.2) is 6.61 Å². The molecule has 0 spiro atoms. The third-order valence-corrected chi connectivity index (χ3v) is 3.86. The highest BCUT2D eigenvalue weighted by molar-refractivity contribution is 5.38. The molecule has 1 aliphatic carbocycles. The van der Waals surface area contributed by atoms with E-state index in [1.54, 1.807) is 0 Å². The van der Waals surface area contributed by atoms with Crippen molar-refractivity contribution in [2.45, 2.75) is 39.5 Å². The lowest BCUT2D eigenvalue weighted by molar-refractivity contribution is 0.200. The molecule has 90 valence electrons. The van der Waals surface area contributed by atoms with E-state index >= 15 is 0 Å². The van der Waals surface area contributed by atoms with Crippen LogP contribution in [-0.2, 0) is 0 Å². The van der Waals surface area contributed by atoms with E-state index < -0.39 is 0 Å². The van der Waals surface area contributed by atoms with Crippen molar-refractivity contribution in [1.29, 1.82) is 5.26 Å². The summed E-state index contributed by atoms with van der Waals surface area (Å²) in [6, 6.07) is 8.53. The van der Waals surface area contributed by atoms with Crippen molar-refractivity contribution in [3.8, 4) is 11.8 Å². The number of hydrogen-bond acceptors (Lipinski definition) is 2. The summed E-state index contributed by atoms with van der Waals surface area (Å²) in [5.41, 5.74) is 2.18. The Hall–Kier alpha value is -1.49. The van der Waals surface area contributed by atoms with E-state index in [1.165, 1.54) is 11.1 Å². The van der Waals surface area contributed by atoms with Gasteiger partial charge >= 0.3 is 0 Å². The lowest BCUT2D eigenvalue weighted by Crippen LogP contribution is -2.23. The maximum Gasteiger partial charge on any atom is 0.122 e. The number of nitriles is 1. The average Bonchev–Trinajstić information content (AvgIpc) is 2.81. The molecule has 1 saturated carbocycles. The van der Waals surface area contributed by atoms with Gasteiger partial charge in [-0.25, -0.2) is 0 Å². The zero-order chi connectivity index (χ0) is 12.3. The molecule has 2 heteroatoms. The second-order valence-electron chi connectivity index (χ2n) is 5.09. The van der Waals surface area contributed by atoms with E-state index in [1.807, 2.05) is 12.1 Å².